The molecule has 0 saturated carbocycles. The maximum absolute atomic E-state index is 13.3. The van der Waals surface area contributed by atoms with Crippen molar-refractivity contribution in [2.24, 2.45) is 0 Å². The van der Waals surface area contributed by atoms with Gasteiger partial charge in [0.2, 0.25) is 5.91 Å². The zero-order valence-electron chi connectivity index (χ0n) is 51.9. The number of carbonyl (C=O) groups excluding carboxylic acids is 1. The van der Waals surface area contributed by atoms with Crippen molar-refractivity contribution in [2.75, 3.05) is 26.4 Å². The van der Waals surface area contributed by atoms with E-state index in [1.807, 2.05) is 6.08 Å². The molecule has 3 fully saturated rings. The summed E-state index contributed by atoms with van der Waals surface area (Å²) in [7, 11) is 0. The summed E-state index contributed by atoms with van der Waals surface area (Å²) in [6, 6.07) is -0.967. The van der Waals surface area contributed by atoms with Crippen molar-refractivity contribution >= 4 is 5.91 Å². The Labute approximate surface area is 505 Å². The number of carbonyl (C=O) groups is 1. The molecule has 19 nitrogen and oxygen atoms in total. The highest BCUT2D eigenvalue weighted by Gasteiger charge is 2.53. The topological polar surface area (TPSA) is 307 Å². The van der Waals surface area contributed by atoms with Gasteiger partial charge < -0.3 is 89.9 Å². The van der Waals surface area contributed by atoms with Crippen LogP contribution >= 0.6 is 0 Å². The van der Waals surface area contributed by atoms with E-state index in [0.717, 1.165) is 51.4 Å². The second kappa shape index (κ2) is 48.2. The minimum atomic E-state index is -1.97. The van der Waals surface area contributed by atoms with Gasteiger partial charge in [0.15, 0.2) is 18.9 Å². The van der Waals surface area contributed by atoms with E-state index in [2.05, 4.69) is 31.3 Å². The molecular weight excluding hydrogens is 1080 g/mol. The smallest absolute Gasteiger partial charge is 0.220 e. The molecule has 17 unspecified atom stereocenters. The number of aliphatic hydroxyl groups is 11. The molecule has 0 aromatic rings. The number of nitrogens with one attached hydrogen (secondary N) is 1. The average molecular weight is 1200 g/mol. The molecule has 494 valence electrons. The van der Waals surface area contributed by atoms with Crippen LogP contribution in [0.15, 0.2) is 24.3 Å². The van der Waals surface area contributed by atoms with Gasteiger partial charge in [0.05, 0.1) is 38.6 Å². The summed E-state index contributed by atoms with van der Waals surface area (Å²) in [4.78, 5) is 13.3. The molecule has 0 aliphatic carbocycles. The first-order valence-corrected chi connectivity index (χ1v) is 33.6. The highest BCUT2D eigenvalue weighted by Crippen LogP contribution is 2.33. The first-order valence-electron chi connectivity index (χ1n) is 33.6. The van der Waals surface area contributed by atoms with E-state index in [0.29, 0.717) is 6.42 Å². The van der Waals surface area contributed by atoms with E-state index in [-0.39, 0.29) is 18.9 Å². The molecule has 19 heteroatoms. The Hall–Kier alpha value is -1.73. The molecule has 0 spiro atoms. The van der Waals surface area contributed by atoms with Crippen LogP contribution < -0.4 is 5.32 Å². The molecule has 84 heavy (non-hydrogen) atoms. The fourth-order valence-electron chi connectivity index (χ4n) is 11.5. The van der Waals surface area contributed by atoms with Crippen molar-refractivity contribution in [1.29, 1.82) is 0 Å². The van der Waals surface area contributed by atoms with Gasteiger partial charge in [0, 0.05) is 6.42 Å². The van der Waals surface area contributed by atoms with Crippen molar-refractivity contribution in [2.45, 2.75) is 356 Å². The molecule has 0 aromatic carbocycles. The maximum Gasteiger partial charge on any atom is 0.220 e. The third kappa shape index (κ3) is 30.7. The van der Waals surface area contributed by atoms with E-state index in [9.17, 15) is 61.0 Å². The van der Waals surface area contributed by atoms with Gasteiger partial charge in [-0.2, -0.15) is 0 Å². The van der Waals surface area contributed by atoms with Gasteiger partial charge in [0.25, 0.3) is 0 Å². The minimum absolute atomic E-state index is 0.247. The van der Waals surface area contributed by atoms with Crippen molar-refractivity contribution in [3.63, 3.8) is 0 Å². The molecule has 3 saturated heterocycles. The lowest BCUT2D eigenvalue weighted by Gasteiger charge is -2.48. The molecule has 0 bridgehead atoms. The number of rotatable bonds is 51. The van der Waals surface area contributed by atoms with Crippen LogP contribution in [0.25, 0.3) is 0 Å². The fraction of sp³-hybridized carbons (Fsp3) is 0.923. The van der Waals surface area contributed by atoms with E-state index >= 15 is 0 Å². The summed E-state index contributed by atoms with van der Waals surface area (Å²) in [5.41, 5.74) is 0. The lowest BCUT2D eigenvalue weighted by atomic mass is 9.96. The summed E-state index contributed by atoms with van der Waals surface area (Å²) in [6.07, 6.45) is 26.5. The molecule has 1 amide bonds. The van der Waals surface area contributed by atoms with Gasteiger partial charge in [-0.15, -0.1) is 0 Å². The third-order valence-electron chi connectivity index (χ3n) is 17.0. The van der Waals surface area contributed by atoms with Gasteiger partial charge in [-0.25, -0.2) is 0 Å². The summed E-state index contributed by atoms with van der Waals surface area (Å²) in [5, 5.41) is 120. The third-order valence-corrected chi connectivity index (χ3v) is 17.0. The van der Waals surface area contributed by atoms with Crippen molar-refractivity contribution in [3.8, 4) is 0 Å². The van der Waals surface area contributed by atoms with Crippen LogP contribution in [0.5, 0.6) is 0 Å². The zero-order chi connectivity index (χ0) is 61.2. The molecule has 3 rings (SSSR count). The normalized spacial score (nSPS) is 29.3. The van der Waals surface area contributed by atoms with Gasteiger partial charge >= 0.3 is 0 Å². The predicted molar refractivity (Wildman–Crippen MR) is 323 cm³/mol. The number of hydrogen-bond donors (Lipinski definition) is 12. The first kappa shape index (κ1) is 76.5. The number of aliphatic hydroxyl groups excluding tert-OH is 11. The lowest BCUT2D eigenvalue weighted by Crippen LogP contribution is -2.66. The van der Waals surface area contributed by atoms with Crippen LogP contribution in [0.2, 0.25) is 0 Å². The summed E-state index contributed by atoms with van der Waals surface area (Å²) in [6.45, 7) is 1.68. The number of amides is 1. The number of hydrogen-bond acceptors (Lipinski definition) is 18. The van der Waals surface area contributed by atoms with Crippen LogP contribution in [0, 0.1) is 0 Å². The molecule has 3 aliphatic rings. The monoisotopic (exact) mass is 1200 g/mol. The molecule has 3 aliphatic heterocycles. The highest BCUT2D eigenvalue weighted by atomic mass is 16.8. The minimum Gasteiger partial charge on any atom is -0.394 e. The standard InChI is InChI=1S/C65H121NO18/c1-3-5-7-9-11-13-14-15-16-17-18-19-20-21-22-23-24-25-26-27-28-29-30-31-32-33-34-35-37-39-41-43-53(71)66-48(49(70)42-40-38-36-12-10-8-6-4-2)47-79-63-59(77)56(74)61(51(45-68)81-63)84-65-60(78)57(75)62(52(46-69)82-65)83-64-58(76)55(73)54(72)50(44-67)80-64/h17-18,40,42,48-52,54-65,67-70,72-78H,3-16,19-39,41,43-47H2,1-2H3,(H,66,71)/b18-17-,42-40+. The Morgan fingerprint density at radius 3 is 1.15 bits per heavy atom. The van der Waals surface area contributed by atoms with Gasteiger partial charge in [-0.05, 0) is 44.9 Å². The quantitative estimate of drug-likeness (QED) is 0.0204. The van der Waals surface area contributed by atoms with Gasteiger partial charge in [-0.1, -0.05) is 224 Å². The molecule has 17 atom stereocenters. The Bertz CT molecular complexity index is 1630. The highest BCUT2D eigenvalue weighted by molar-refractivity contribution is 5.76. The van der Waals surface area contributed by atoms with E-state index in [4.69, 9.17) is 28.4 Å². The van der Waals surface area contributed by atoms with Gasteiger partial charge in [-0.3, -0.25) is 4.79 Å². The second-order valence-corrected chi connectivity index (χ2v) is 24.3. The van der Waals surface area contributed by atoms with Crippen LogP contribution in [0.1, 0.15) is 251 Å². The van der Waals surface area contributed by atoms with Gasteiger partial charge in [0.1, 0.15) is 73.2 Å². The SMILES string of the molecule is CCCCCCCC/C=C/C(O)C(COC1OC(CO)C(OC2OC(CO)C(OC3OC(CO)C(O)C(O)C3O)C(O)C2O)C(O)C1O)NC(=O)CCCCCCCCCCCCCCCCCCCCC/C=C\CCCCCCCCCC. The van der Waals surface area contributed by atoms with E-state index < -0.39 is 124 Å². The Morgan fingerprint density at radius 2 is 0.750 bits per heavy atom. The van der Waals surface area contributed by atoms with E-state index in [1.165, 1.54) is 173 Å². The van der Waals surface area contributed by atoms with E-state index in [1.54, 1.807) is 6.08 Å². The zero-order valence-corrected chi connectivity index (χ0v) is 51.9. The molecule has 3 heterocycles. The molecular formula is C65H121NO18. The molecule has 0 aromatic heterocycles. The number of allylic oxidation sites excluding steroid dienone is 3. The number of unbranched alkanes of at least 4 members (excludes halogenated alkanes) is 33. The fourth-order valence-corrected chi connectivity index (χ4v) is 11.5. The molecule has 0 radical (unpaired) electrons. The van der Waals surface area contributed by atoms with Crippen molar-refractivity contribution in [3.05, 3.63) is 24.3 Å². The number of ether oxygens (including phenoxy) is 6. The van der Waals surface area contributed by atoms with Crippen molar-refractivity contribution < 1.29 is 89.4 Å². The Balaban J connectivity index is 1.33. The first-order chi connectivity index (χ1) is 40.8. The molecule has 12 N–H and O–H groups in total. The van der Waals surface area contributed by atoms with Crippen LogP contribution in [0.4, 0.5) is 0 Å². The average Bonchev–Trinajstić information content (AvgIpc) is 2.99. The summed E-state index contributed by atoms with van der Waals surface area (Å²) < 4.78 is 34.2. The summed E-state index contributed by atoms with van der Waals surface area (Å²) in [5.74, 6) is -0.275. The largest absolute Gasteiger partial charge is 0.394 e. The maximum atomic E-state index is 13.3. The van der Waals surface area contributed by atoms with Crippen LogP contribution in [-0.4, -0.2) is 193 Å². The Kier molecular flexibility index (Phi) is 43.9. The Morgan fingerprint density at radius 1 is 0.417 bits per heavy atom. The van der Waals surface area contributed by atoms with Crippen LogP contribution in [0.3, 0.4) is 0 Å². The summed E-state index contributed by atoms with van der Waals surface area (Å²) >= 11 is 0. The van der Waals surface area contributed by atoms with Crippen LogP contribution in [-0.2, 0) is 33.2 Å². The lowest BCUT2D eigenvalue weighted by molar-refractivity contribution is -0.379. The van der Waals surface area contributed by atoms with Crippen molar-refractivity contribution in [1.82, 2.24) is 5.32 Å². The second-order valence-electron chi connectivity index (χ2n) is 24.3. The predicted octanol–water partition coefficient (Wildman–Crippen LogP) is 7.88.